The number of carbonyl (C=O) groups is 1. The molecule has 0 bridgehead atoms. The van der Waals surface area contributed by atoms with E-state index in [1.807, 2.05) is 7.05 Å². The first-order valence-corrected chi connectivity index (χ1v) is 7.35. The summed E-state index contributed by atoms with van der Waals surface area (Å²) in [4.78, 5) is 13.1. The van der Waals surface area contributed by atoms with Crippen LogP contribution in [0.4, 0.5) is 10.1 Å². The van der Waals surface area contributed by atoms with E-state index in [0.29, 0.717) is 30.3 Å². The molecule has 6 heteroatoms. The third-order valence-corrected chi connectivity index (χ3v) is 3.54. The van der Waals surface area contributed by atoms with Gasteiger partial charge in [-0.2, -0.15) is 0 Å². The van der Waals surface area contributed by atoms with Crippen LogP contribution < -0.4 is 19.7 Å². The van der Waals surface area contributed by atoms with Gasteiger partial charge < -0.3 is 19.7 Å². The van der Waals surface area contributed by atoms with Crippen LogP contribution in [0.15, 0.2) is 42.5 Å². The highest BCUT2D eigenvalue weighted by Gasteiger charge is 2.15. The van der Waals surface area contributed by atoms with Crippen molar-refractivity contribution in [3.8, 4) is 11.5 Å². The van der Waals surface area contributed by atoms with Crippen LogP contribution in [0.2, 0.25) is 0 Å². The Kier molecular flexibility index (Phi) is 4.43. The largest absolute Gasteiger partial charge is 0.454 e. The average molecular weight is 317 g/mol. The lowest BCUT2D eigenvalue weighted by Crippen LogP contribution is -3.08. The van der Waals surface area contributed by atoms with Crippen LogP contribution in [0.3, 0.4) is 0 Å². The highest BCUT2D eigenvalue weighted by Crippen LogP contribution is 2.34. The summed E-state index contributed by atoms with van der Waals surface area (Å²) in [6, 6.07) is 11.6. The second kappa shape index (κ2) is 6.66. The Morgan fingerprint density at radius 1 is 1.17 bits per heavy atom. The third kappa shape index (κ3) is 3.98. The quantitative estimate of drug-likeness (QED) is 0.871. The van der Waals surface area contributed by atoms with E-state index in [1.165, 1.54) is 12.1 Å². The molecule has 1 aliphatic rings. The summed E-state index contributed by atoms with van der Waals surface area (Å²) in [5.74, 6) is 0.965. The van der Waals surface area contributed by atoms with Gasteiger partial charge in [-0.05, 0) is 24.3 Å². The van der Waals surface area contributed by atoms with Gasteiger partial charge >= 0.3 is 0 Å². The Hall–Kier alpha value is -2.60. The molecule has 2 aromatic rings. The smallest absolute Gasteiger partial charge is 0.279 e. The first-order chi connectivity index (χ1) is 11.1. The number of hydrogen-bond donors (Lipinski definition) is 2. The fraction of sp³-hybridized carbons (Fsp3) is 0.235. The molecule has 0 saturated carbocycles. The molecule has 1 unspecified atom stereocenters. The maximum absolute atomic E-state index is 12.9. The predicted molar refractivity (Wildman–Crippen MR) is 83.1 cm³/mol. The molecule has 0 fully saturated rings. The Bertz CT molecular complexity index is 703. The lowest BCUT2D eigenvalue weighted by molar-refractivity contribution is -0.885. The number of carbonyl (C=O) groups excluding carboxylic acids is 1. The number of halogens is 1. The third-order valence-electron chi connectivity index (χ3n) is 3.54. The zero-order valence-corrected chi connectivity index (χ0v) is 12.8. The van der Waals surface area contributed by atoms with Gasteiger partial charge in [-0.1, -0.05) is 12.1 Å². The molecule has 1 amide bonds. The van der Waals surface area contributed by atoms with Crippen LogP contribution in [-0.2, 0) is 11.3 Å². The van der Waals surface area contributed by atoms with Crippen LogP contribution in [0.5, 0.6) is 11.5 Å². The molecule has 120 valence electrons. The van der Waals surface area contributed by atoms with Crippen LogP contribution in [0.25, 0.3) is 0 Å². The standard InChI is InChI=1S/C17H17FN2O3/c1-20(9-12-2-4-13(18)5-3-12)10-17(21)19-14-6-7-15-16(8-14)23-11-22-15/h2-8H,9-11H2,1H3,(H,19,21)/p+1. The Morgan fingerprint density at radius 2 is 1.91 bits per heavy atom. The summed E-state index contributed by atoms with van der Waals surface area (Å²) >= 11 is 0. The SMILES string of the molecule is C[NH+](CC(=O)Nc1ccc2c(c1)OCO2)Cc1ccc(F)cc1. The van der Waals surface area contributed by atoms with E-state index in [9.17, 15) is 9.18 Å². The van der Waals surface area contributed by atoms with E-state index >= 15 is 0 Å². The van der Waals surface area contributed by atoms with Crippen molar-refractivity contribution >= 4 is 11.6 Å². The van der Waals surface area contributed by atoms with Gasteiger partial charge in [-0.15, -0.1) is 0 Å². The monoisotopic (exact) mass is 317 g/mol. The van der Waals surface area contributed by atoms with E-state index in [-0.39, 0.29) is 18.5 Å². The molecule has 23 heavy (non-hydrogen) atoms. The first kappa shape index (κ1) is 15.3. The van der Waals surface area contributed by atoms with Gasteiger partial charge in [0.2, 0.25) is 6.79 Å². The van der Waals surface area contributed by atoms with Gasteiger partial charge in [0.25, 0.3) is 5.91 Å². The van der Waals surface area contributed by atoms with E-state index in [4.69, 9.17) is 9.47 Å². The lowest BCUT2D eigenvalue weighted by Gasteiger charge is -2.14. The number of fused-ring (bicyclic) bond motifs is 1. The minimum absolute atomic E-state index is 0.0940. The number of hydrogen-bond acceptors (Lipinski definition) is 3. The van der Waals surface area contributed by atoms with Crippen molar-refractivity contribution in [2.75, 3.05) is 25.7 Å². The summed E-state index contributed by atoms with van der Waals surface area (Å²) in [7, 11) is 1.92. The fourth-order valence-corrected chi connectivity index (χ4v) is 2.47. The van der Waals surface area contributed by atoms with Gasteiger partial charge in [-0.25, -0.2) is 4.39 Å². The van der Waals surface area contributed by atoms with Crippen molar-refractivity contribution in [1.82, 2.24) is 0 Å². The lowest BCUT2D eigenvalue weighted by atomic mass is 10.2. The molecule has 0 saturated heterocycles. The molecule has 0 aromatic heterocycles. The molecule has 1 heterocycles. The molecule has 1 atom stereocenters. The number of anilines is 1. The van der Waals surface area contributed by atoms with Crippen LogP contribution in [0, 0.1) is 5.82 Å². The second-order valence-corrected chi connectivity index (χ2v) is 5.55. The van der Waals surface area contributed by atoms with Crippen molar-refractivity contribution in [3.05, 3.63) is 53.8 Å². The maximum atomic E-state index is 12.9. The van der Waals surface area contributed by atoms with Gasteiger partial charge in [0.1, 0.15) is 12.4 Å². The summed E-state index contributed by atoms with van der Waals surface area (Å²) in [5, 5.41) is 2.84. The predicted octanol–water partition coefficient (Wildman–Crippen LogP) is 1.21. The second-order valence-electron chi connectivity index (χ2n) is 5.55. The van der Waals surface area contributed by atoms with Crippen LogP contribution in [0.1, 0.15) is 5.56 Å². The number of benzene rings is 2. The minimum atomic E-state index is -0.257. The van der Waals surface area contributed by atoms with Crippen LogP contribution in [-0.4, -0.2) is 26.3 Å². The molecular formula is C17H18FN2O3+. The maximum Gasteiger partial charge on any atom is 0.279 e. The summed E-state index contributed by atoms with van der Waals surface area (Å²) in [6.45, 7) is 1.16. The molecular weight excluding hydrogens is 299 g/mol. The number of quaternary nitrogens is 1. The van der Waals surface area contributed by atoms with E-state index in [1.54, 1.807) is 30.3 Å². The molecule has 3 rings (SSSR count). The average Bonchev–Trinajstić information content (AvgIpc) is 2.97. The summed E-state index contributed by atoms with van der Waals surface area (Å²) in [5.41, 5.74) is 1.66. The molecule has 0 radical (unpaired) electrons. The Labute approximate surface area is 133 Å². The number of nitrogens with one attached hydrogen (secondary N) is 2. The van der Waals surface area contributed by atoms with Gasteiger partial charge in [0.15, 0.2) is 18.0 Å². The number of ether oxygens (including phenoxy) is 2. The zero-order chi connectivity index (χ0) is 16.2. The van der Waals surface area contributed by atoms with Crippen molar-refractivity contribution in [3.63, 3.8) is 0 Å². The summed E-state index contributed by atoms with van der Waals surface area (Å²) in [6.07, 6.45) is 0. The van der Waals surface area contributed by atoms with Crippen LogP contribution >= 0.6 is 0 Å². The molecule has 0 aliphatic carbocycles. The number of likely N-dealkylation sites (N-methyl/N-ethyl adjacent to an activating group) is 1. The Balaban J connectivity index is 1.53. The van der Waals surface area contributed by atoms with Crippen molar-refractivity contribution in [2.45, 2.75) is 6.54 Å². The highest BCUT2D eigenvalue weighted by molar-refractivity contribution is 5.91. The molecule has 5 nitrogen and oxygen atoms in total. The molecule has 2 aromatic carbocycles. The van der Waals surface area contributed by atoms with E-state index < -0.39 is 0 Å². The molecule has 0 spiro atoms. The Morgan fingerprint density at radius 3 is 2.70 bits per heavy atom. The normalized spacial score (nSPS) is 13.7. The number of amides is 1. The minimum Gasteiger partial charge on any atom is -0.454 e. The van der Waals surface area contributed by atoms with E-state index in [0.717, 1.165) is 10.5 Å². The molecule has 1 aliphatic heterocycles. The van der Waals surface area contributed by atoms with E-state index in [2.05, 4.69) is 5.32 Å². The fourth-order valence-electron chi connectivity index (χ4n) is 2.47. The highest BCUT2D eigenvalue weighted by atomic mass is 19.1. The van der Waals surface area contributed by atoms with Crippen molar-refractivity contribution < 1.29 is 23.6 Å². The topological polar surface area (TPSA) is 52.0 Å². The molecule has 2 N–H and O–H groups in total. The first-order valence-electron chi connectivity index (χ1n) is 7.35. The van der Waals surface area contributed by atoms with Gasteiger partial charge in [0.05, 0.1) is 7.05 Å². The zero-order valence-electron chi connectivity index (χ0n) is 12.8. The number of rotatable bonds is 5. The van der Waals surface area contributed by atoms with Gasteiger partial charge in [0, 0.05) is 17.3 Å². The van der Waals surface area contributed by atoms with Crippen molar-refractivity contribution in [2.24, 2.45) is 0 Å². The summed E-state index contributed by atoms with van der Waals surface area (Å²) < 4.78 is 23.4. The van der Waals surface area contributed by atoms with Gasteiger partial charge in [-0.3, -0.25) is 4.79 Å². The van der Waals surface area contributed by atoms with Crippen molar-refractivity contribution in [1.29, 1.82) is 0 Å².